The minimum absolute atomic E-state index is 0.0525. The summed E-state index contributed by atoms with van der Waals surface area (Å²) in [5.41, 5.74) is 7.01. The number of hydrogen-bond acceptors (Lipinski definition) is 4. The summed E-state index contributed by atoms with van der Waals surface area (Å²) in [7, 11) is 0. The summed E-state index contributed by atoms with van der Waals surface area (Å²) in [4.78, 5) is 22.8. The number of thioether (sulfide) groups is 1. The van der Waals surface area contributed by atoms with Gasteiger partial charge in [-0.15, -0.1) is 0 Å². The lowest BCUT2D eigenvalue weighted by Crippen LogP contribution is -2.26. The molecule has 0 saturated heterocycles. The van der Waals surface area contributed by atoms with E-state index in [9.17, 15) is 4.79 Å². The molecule has 2 aromatic heterocycles. The van der Waals surface area contributed by atoms with Crippen LogP contribution in [0.1, 0.15) is 41.6 Å². The molecule has 2 heterocycles. The topological polar surface area (TPSA) is 59.8 Å². The summed E-state index contributed by atoms with van der Waals surface area (Å²) in [5.74, 6) is 0.724. The van der Waals surface area contributed by atoms with Crippen LogP contribution < -0.4 is 5.32 Å². The van der Waals surface area contributed by atoms with Crippen LogP contribution in [-0.2, 0) is 10.5 Å². The third-order valence-corrected chi connectivity index (χ3v) is 6.58. The van der Waals surface area contributed by atoms with Crippen molar-refractivity contribution in [1.82, 2.24) is 14.5 Å². The highest BCUT2D eigenvalue weighted by atomic mass is 32.2. The van der Waals surface area contributed by atoms with E-state index in [0.29, 0.717) is 6.42 Å². The molecule has 164 valence electrons. The van der Waals surface area contributed by atoms with Crippen molar-refractivity contribution >= 4 is 34.5 Å². The second kappa shape index (κ2) is 9.57. The fourth-order valence-electron chi connectivity index (χ4n) is 3.70. The maximum atomic E-state index is 13.4. The standard InChI is InChI=1S/C26H28N4OS/c1-5-23(25(31)28-22-15-18(3)8-11-19(22)4)30-24-21(7-6-14-27-24)29-26(30)32-16-20-12-9-17(2)10-13-20/h6-15,23H,5,16H2,1-4H3,(H,28,31). The summed E-state index contributed by atoms with van der Waals surface area (Å²) in [6.07, 6.45) is 2.39. The van der Waals surface area contributed by atoms with E-state index in [1.807, 2.05) is 49.6 Å². The van der Waals surface area contributed by atoms with Crippen molar-refractivity contribution in [3.8, 4) is 0 Å². The van der Waals surface area contributed by atoms with Gasteiger partial charge in [0.2, 0.25) is 5.91 Å². The molecule has 5 nitrogen and oxygen atoms in total. The van der Waals surface area contributed by atoms with Crippen LogP contribution >= 0.6 is 11.8 Å². The number of nitrogens with one attached hydrogen (secondary N) is 1. The van der Waals surface area contributed by atoms with Gasteiger partial charge in [-0.1, -0.05) is 60.6 Å². The van der Waals surface area contributed by atoms with Gasteiger partial charge in [0.05, 0.1) is 0 Å². The zero-order valence-electron chi connectivity index (χ0n) is 18.9. The first-order chi connectivity index (χ1) is 15.5. The first kappa shape index (κ1) is 22.1. The Morgan fingerprint density at radius 1 is 1.06 bits per heavy atom. The van der Waals surface area contributed by atoms with Gasteiger partial charge < -0.3 is 5.32 Å². The normalized spacial score (nSPS) is 12.1. The van der Waals surface area contributed by atoms with Gasteiger partial charge in [0.1, 0.15) is 11.6 Å². The first-order valence-corrected chi connectivity index (χ1v) is 11.8. The predicted molar refractivity (Wildman–Crippen MR) is 132 cm³/mol. The molecule has 4 aromatic rings. The number of benzene rings is 2. The number of fused-ring (bicyclic) bond motifs is 1. The number of hydrogen-bond donors (Lipinski definition) is 1. The van der Waals surface area contributed by atoms with E-state index in [1.165, 1.54) is 11.1 Å². The molecule has 0 fully saturated rings. The lowest BCUT2D eigenvalue weighted by molar-refractivity contribution is -0.119. The number of amides is 1. The van der Waals surface area contributed by atoms with Gasteiger partial charge in [0.25, 0.3) is 0 Å². The SMILES string of the molecule is CCC(C(=O)Nc1cc(C)ccc1C)n1c(SCc2ccc(C)cc2)nc2cccnc21. The summed E-state index contributed by atoms with van der Waals surface area (Å²) in [6.45, 7) is 8.14. The number of nitrogens with zero attached hydrogens (tertiary/aromatic N) is 3. The van der Waals surface area contributed by atoms with E-state index in [0.717, 1.165) is 38.9 Å². The smallest absolute Gasteiger partial charge is 0.247 e. The van der Waals surface area contributed by atoms with E-state index < -0.39 is 6.04 Å². The monoisotopic (exact) mass is 444 g/mol. The zero-order valence-corrected chi connectivity index (χ0v) is 19.7. The number of rotatable bonds is 7. The van der Waals surface area contributed by atoms with E-state index in [-0.39, 0.29) is 5.91 Å². The van der Waals surface area contributed by atoms with Gasteiger partial charge >= 0.3 is 0 Å². The van der Waals surface area contributed by atoms with E-state index in [2.05, 4.69) is 47.6 Å². The third kappa shape index (κ3) is 4.70. The molecule has 0 spiro atoms. The highest BCUT2D eigenvalue weighted by molar-refractivity contribution is 7.98. The van der Waals surface area contributed by atoms with E-state index >= 15 is 0 Å². The quantitative estimate of drug-likeness (QED) is 0.343. The summed E-state index contributed by atoms with van der Waals surface area (Å²) >= 11 is 1.64. The molecule has 0 saturated carbocycles. The number of anilines is 1. The molecule has 0 radical (unpaired) electrons. The van der Waals surface area contributed by atoms with Gasteiger partial charge in [-0.25, -0.2) is 9.97 Å². The van der Waals surface area contributed by atoms with Gasteiger partial charge in [0.15, 0.2) is 10.8 Å². The minimum atomic E-state index is -0.407. The maximum absolute atomic E-state index is 13.4. The van der Waals surface area contributed by atoms with Crippen LogP contribution in [0.3, 0.4) is 0 Å². The van der Waals surface area contributed by atoms with Crippen molar-refractivity contribution in [2.45, 2.75) is 51.1 Å². The second-order valence-electron chi connectivity index (χ2n) is 8.12. The largest absolute Gasteiger partial charge is 0.324 e. The Kier molecular flexibility index (Phi) is 6.61. The second-order valence-corrected chi connectivity index (χ2v) is 9.06. The van der Waals surface area contributed by atoms with Crippen molar-refractivity contribution in [1.29, 1.82) is 0 Å². The van der Waals surface area contributed by atoms with Crippen molar-refractivity contribution in [3.63, 3.8) is 0 Å². The molecule has 0 aliphatic carbocycles. The Bertz CT molecular complexity index is 1250. The lowest BCUT2D eigenvalue weighted by Gasteiger charge is -2.20. The molecule has 1 unspecified atom stereocenters. The van der Waals surface area contributed by atoms with Gasteiger partial charge in [-0.2, -0.15) is 0 Å². The summed E-state index contributed by atoms with van der Waals surface area (Å²) < 4.78 is 1.99. The molecule has 0 bridgehead atoms. The fraction of sp³-hybridized carbons (Fsp3) is 0.269. The van der Waals surface area contributed by atoms with Crippen molar-refractivity contribution in [2.24, 2.45) is 0 Å². The van der Waals surface area contributed by atoms with Gasteiger partial charge in [-0.3, -0.25) is 9.36 Å². The Morgan fingerprint density at radius 3 is 2.56 bits per heavy atom. The molecule has 4 rings (SSSR count). The van der Waals surface area contributed by atoms with Crippen LogP contribution in [0.2, 0.25) is 0 Å². The summed E-state index contributed by atoms with van der Waals surface area (Å²) in [6, 6.07) is 18.0. The van der Waals surface area contributed by atoms with E-state index in [1.54, 1.807) is 18.0 Å². The highest BCUT2D eigenvalue weighted by Crippen LogP contribution is 2.31. The Morgan fingerprint density at radius 2 is 1.81 bits per heavy atom. The van der Waals surface area contributed by atoms with Crippen molar-refractivity contribution in [2.75, 3.05) is 5.32 Å². The Balaban J connectivity index is 1.67. The first-order valence-electron chi connectivity index (χ1n) is 10.9. The number of aryl methyl sites for hydroxylation is 3. The summed E-state index contributed by atoms with van der Waals surface area (Å²) in [5, 5.41) is 3.95. The predicted octanol–water partition coefficient (Wildman–Crippen LogP) is 6.24. The lowest BCUT2D eigenvalue weighted by atomic mass is 10.1. The molecule has 32 heavy (non-hydrogen) atoms. The average Bonchev–Trinajstić information content (AvgIpc) is 3.15. The minimum Gasteiger partial charge on any atom is -0.324 e. The van der Waals surface area contributed by atoms with Crippen LogP contribution in [0.4, 0.5) is 5.69 Å². The molecular formula is C26H28N4OS. The van der Waals surface area contributed by atoms with Crippen LogP contribution in [0, 0.1) is 20.8 Å². The maximum Gasteiger partial charge on any atom is 0.247 e. The van der Waals surface area contributed by atoms with Crippen LogP contribution in [0.5, 0.6) is 0 Å². The fourth-order valence-corrected chi connectivity index (χ4v) is 4.70. The Hall–Kier alpha value is -3.12. The number of carbonyl (C=O) groups is 1. The number of pyridine rings is 1. The number of carbonyl (C=O) groups excluding carboxylic acids is 1. The van der Waals surface area contributed by atoms with Crippen molar-refractivity contribution < 1.29 is 4.79 Å². The van der Waals surface area contributed by atoms with Crippen molar-refractivity contribution in [3.05, 3.63) is 83.0 Å². The van der Waals surface area contributed by atoms with E-state index in [4.69, 9.17) is 4.98 Å². The third-order valence-electron chi connectivity index (χ3n) is 5.56. The van der Waals surface area contributed by atoms with Crippen LogP contribution in [0.25, 0.3) is 11.2 Å². The average molecular weight is 445 g/mol. The zero-order chi connectivity index (χ0) is 22.7. The molecule has 1 atom stereocenters. The molecule has 6 heteroatoms. The van der Waals surface area contributed by atoms with Gasteiger partial charge in [0, 0.05) is 17.6 Å². The molecular weight excluding hydrogens is 416 g/mol. The highest BCUT2D eigenvalue weighted by Gasteiger charge is 2.25. The molecule has 1 amide bonds. The Labute approximate surface area is 193 Å². The van der Waals surface area contributed by atoms with Crippen LogP contribution in [0.15, 0.2) is 66.0 Å². The van der Waals surface area contributed by atoms with Crippen LogP contribution in [-0.4, -0.2) is 20.4 Å². The molecule has 0 aliphatic heterocycles. The number of imidazole rings is 1. The molecule has 0 aliphatic rings. The molecule has 1 N–H and O–H groups in total. The van der Waals surface area contributed by atoms with Gasteiger partial charge in [-0.05, 0) is 62.1 Å². The molecule has 2 aromatic carbocycles. The number of aromatic nitrogens is 3.